The Morgan fingerprint density at radius 1 is 1.09 bits per heavy atom. The Hall–Kier alpha value is -2.90. The summed E-state index contributed by atoms with van der Waals surface area (Å²) in [5.41, 5.74) is 4.55. The summed E-state index contributed by atoms with van der Waals surface area (Å²) in [5, 5.41) is 4.94. The highest BCUT2D eigenvalue weighted by molar-refractivity contribution is 7.80. The SMILES string of the molecule is CCN(CC)CCN(Cc1cc2c(C)cc(C)cc2[nH]c1=O)C(=S)Nc1ccccc1OC. The Morgan fingerprint density at radius 2 is 1.82 bits per heavy atom. The summed E-state index contributed by atoms with van der Waals surface area (Å²) in [6, 6.07) is 13.8. The molecule has 6 nitrogen and oxygen atoms in total. The second-order valence-corrected chi connectivity index (χ2v) is 8.63. The number of likely N-dealkylation sites (N-methyl/N-ethyl adjacent to an activating group) is 1. The molecule has 3 aromatic rings. The van der Waals surface area contributed by atoms with Crippen molar-refractivity contribution >= 4 is 33.9 Å². The van der Waals surface area contributed by atoms with Crippen molar-refractivity contribution in [3.63, 3.8) is 0 Å². The quantitative estimate of drug-likeness (QED) is 0.446. The fraction of sp³-hybridized carbons (Fsp3) is 0.385. The Bertz CT molecular complexity index is 1170. The fourth-order valence-electron chi connectivity index (χ4n) is 4.04. The van der Waals surface area contributed by atoms with Crippen molar-refractivity contribution in [3.05, 3.63) is 69.5 Å². The zero-order chi connectivity index (χ0) is 24.0. The summed E-state index contributed by atoms with van der Waals surface area (Å²) in [6.45, 7) is 12.3. The molecule has 0 saturated heterocycles. The molecule has 7 heteroatoms. The van der Waals surface area contributed by atoms with E-state index in [0.29, 0.717) is 23.8 Å². The molecule has 3 rings (SSSR count). The highest BCUT2D eigenvalue weighted by Gasteiger charge is 2.16. The van der Waals surface area contributed by atoms with Crippen LogP contribution in [0.25, 0.3) is 10.9 Å². The van der Waals surface area contributed by atoms with Gasteiger partial charge in [-0.3, -0.25) is 4.79 Å². The molecule has 0 bridgehead atoms. The molecule has 0 atom stereocenters. The highest BCUT2D eigenvalue weighted by Crippen LogP contribution is 2.24. The predicted octanol–water partition coefficient (Wildman–Crippen LogP) is 4.69. The fourth-order valence-corrected chi connectivity index (χ4v) is 4.30. The van der Waals surface area contributed by atoms with Crippen molar-refractivity contribution in [2.45, 2.75) is 34.2 Å². The molecule has 176 valence electrons. The van der Waals surface area contributed by atoms with Crippen molar-refractivity contribution in [1.82, 2.24) is 14.8 Å². The number of nitrogens with zero attached hydrogens (tertiary/aromatic N) is 2. The molecule has 0 radical (unpaired) electrons. The Labute approximate surface area is 201 Å². The van der Waals surface area contributed by atoms with Gasteiger partial charge in [-0.2, -0.15) is 0 Å². The van der Waals surface area contributed by atoms with E-state index in [1.807, 2.05) is 43.3 Å². The number of para-hydroxylation sites is 2. The van der Waals surface area contributed by atoms with Crippen LogP contribution < -0.4 is 15.6 Å². The molecule has 0 aliphatic carbocycles. The van der Waals surface area contributed by atoms with E-state index in [4.69, 9.17) is 17.0 Å². The molecular weight excluding hydrogens is 432 g/mol. The predicted molar refractivity (Wildman–Crippen MR) is 141 cm³/mol. The molecule has 0 aliphatic heterocycles. The summed E-state index contributed by atoms with van der Waals surface area (Å²) in [6.07, 6.45) is 0. The second kappa shape index (κ2) is 11.3. The number of aryl methyl sites for hydroxylation is 2. The average molecular weight is 467 g/mol. The number of methoxy groups -OCH3 is 1. The number of pyridine rings is 1. The van der Waals surface area contributed by atoms with Crippen molar-refractivity contribution in [1.29, 1.82) is 0 Å². The van der Waals surface area contributed by atoms with E-state index in [1.54, 1.807) is 7.11 Å². The number of hydrogen-bond acceptors (Lipinski definition) is 4. The molecule has 0 spiro atoms. The average Bonchev–Trinajstić information content (AvgIpc) is 2.79. The van der Waals surface area contributed by atoms with Crippen LogP contribution in [0.2, 0.25) is 0 Å². The molecule has 0 unspecified atom stereocenters. The lowest BCUT2D eigenvalue weighted by atomic mass is 10.0. The summed E-state index contributed by atoms with van der Waals surface area (Å²) in [7, 11) is 1.64. The smallest absolute Gasteiger partial charge is 0.253 e. The largest absolute Gasteiger partial charge is 0.495 e. The number of H-pyrrole nitrogens is 1. The molecule has 2 aromatic carbocycles. The lowest BCUT2D eigenvalue weighted by Gasteiger charge is -2.29. The number of nitrogens with one attached hydrogen (secondary N) is 2. The highest BCUT2D eigenvalue weighted by atomic mass is 32.1. The first-order chi connectivity index (χ1) is 15.9. The molecule has 1 aromatic heterocycles. The van der Waals surface area contributed by atoms with Gasteiger partial charge in [0.2, 0.25) is 0 Å². The lowest BCUT2D eigenvalue weighted by Crippen LogP contribution is -2.41. The maximum absolute atomic E-state index is 12.9. The molecule has 33 heavy (non-hydrogen) atoms. The van der Waals surface area contributed by atoms with Crippen LogP contribution in [-0.4, -0.2) is 53.2 Å². The number of aromatic amines is 1. The van der Waals surface area contributed by atoms with E-state index in [0.717, 1.165) is 53.1 Å². The monoisotopic (exact) mass is 466 g/mol. The van der Waals surface area contributed by atoms with Gasteiger partial charge in [0.05, 0.1) is 19.3 Å². The van der Waals surface area contributed by atoms with Crippen LogP contribution in [0.3, 0.4) is 0 Å². The summed E-state index contributed by atoms with van der Waals surface area (Å²) < 4.78 is 5.46. The standard InChI is InChI=1S/C26H34N4O2S/c1-6-29(7-2)12-13-30(26(33)28-22-10-8-9-11-24(22)32-5)17-20-16-21-19(4)14-18(3)15-23(21)27-25(20)31/h8-11,14-16H,6-7,12-13,17H2,1-5H3,(H,27,31)(H,28,33). The van der Waals surface area contributed by atoms with Crippen LogP contribution >= 0.6 is 12.2 Å². The minimum atomic E-state index is -0.0829. The van der Waals surface area contributed by atoms with Crippen LogP contribution in [0.15, 0.2) is 47.3 Å². The van der Waals surface area contributed by atoms with E-state index in [1.165, 1.54) is 0 Å². The molecule has 2 N–H and O–H groups in total. The Kier molecular flexibility index (Phi) is 8.47. The summed E-state index contributed by atoms with van der Waals surface area (Å²) in [5.74, 6) is 0.720. The van der Waals surface area contributed by atoms with E-state index < -0.39 is 0 Å². The Balaban J connectivity index is 1.91. The van der Waals surface area contributed by atoms with Crippen LogP contribution in [0, 0.1) is 13.8 Å². The molecular formula is C26H34N4O2S. The zero-order valence-electron chi connectivity index (χ0n) is 20.2. The third-order valence-corrected chi connectivity index (χ3v) is 6.33. The van der Waals surface area contributed by atoms with Crippen LogP contribution in [0.5, 0.6) is 5.75 Å². The van der Waals surface area contributed by atoms with E-state index in [-0.39, 0.29) is 5.56 Å². The van der Waals surface area contributed by atoms with Gasteiger partial charge < -0.3 is 24.8 Å². The number of thiocarbonyl (C=S) groups is 1. The van der Waals surface area contributed by atoms with E-state index in [9.17, 15) is 4.79 Å². The minimum Gasteiger partial charge on any atom is -0.495 e. The summed E-state index contributed by atoms with van der Waals surface area (Å²) >= 11 is 5.80. The number of rotatable bonds is 9. The molecule has 0 aliphatic rings. The van der Waals surface area contributed by atoms with Crippen molar-refractivity contribution in [2.75, 3.05) is 38.6 Å². The van der Waals surface area contributed by atoms with Gasteiger partial charge in [-0.05, 0) is 74.5 Å². The molecule has 0 saturated carbocycles. The number of anilines is 1. The van der Waals surface area contributed by atoms with Gasteiger partial charge in [0, 0.05) is 29.6 Å². The van der Waals surface area contributed by atoms with Gasteiger partial charge in [-0.15, -0.1) is 0 Å². The lowest BCUT2D eigenvalue weighted by molar-refractivity contribution is 0.266. The van der Waals surface area contributed by atoms with Gasteiger partial charge in [0.15, 0.2) is 5.11 Å². The number of ether oxygens (including phenoxy) is 1. The number of benzene rings is 2. The maximum Gasteiger partial charge on any atom is 0.253 e. The van der Waals surface area contributed by atoms with Gasteiger partial charge >= 0.3 is 0 Å². The van der Waals surface area contributed by atoms with Crippen LogP contribution in [-0.2, 0) is 6.54 Å². The van der Waals surface area contributed by atoms with Crippen molar-refractivity contribution in [2.24, 2.45) is 0 Å². The van der Waals surface area contributed by atoms with Gasteiger partial charge in [-0.25, -0.2) is 0 Å². The first kappa shape index (κ1) is 24.7. The van der Waals surface area contributed by atoms with E-state index >= 15 is 0 Å². The zero-order valence-corrected chi connectivity index (χ0v) is 21.0. The Morgan fingerprint density at radius 3 is 2.52 bits per heavy atom. The molecule has 0 fully saturated rings. The third-order valence-electron chi connectivity index (χ3n) is 5.97. The van der Waals surface area contributed by atoms with Gasteiger partial charge in [0.25, 0.3) is 5.56 Å². The topological polar surface area (TPSA) is 60.6 Å². The second-order valence-electron chi connectivity index (χ2n) is 8.25. The molecule has 0 amide bonds. The normalized spacial score (nSPS) is 11.1. The third kappa shape index (κ3) is 6.12. The van der Waals surface area contributed by atoms with Crippen LogP contribution in [0.4, 0.5) is 5.69 Å². The van der Waals surface area contributed by atoms with E-state index in [2.05, 4.69) is 46.9 Å². The van der Waals surface area contributed by atoms with Crippen molar-refractivity contribution in [3.8, 4) is 5.75 Å². The molecule has 1 heterocycles. The summed E-state index contributed by atoms with van der Waals surface area (Å²) in [4.78, 5) is 20.4. The minimum absolute atomic E-state index is 0.0829. The van der Waals surface area contributed by atoms with Crippen molar-refractivity contribution < 1.29 is 4.74 Å². The maximum atomic E-state index is 12.9. The first-order valence-corrected chi connectivity index (χ1v) is 11.8. The van der Waals surface area contributed by atoms with Gasteiger partial charge in [0.1, 0.15) is 5.75 Å². The number of hydrogen-bond donors (Lipinski definition) is 2. The first-order valence-electron chi connectivity index (χ1n) is 11.4. The van der Waals surface area contributed by atoms with Gasteiger partial charge in [-0.1, -0.05) is 32.0 Å². The number of aromatic nitrogens is 1. The number of fused-ring (bicyclic) bond motifs is 1. The van der Waals surface area contributed by atoms with Crippen LogP contribution in [0.1, 0.15) is 30.5 Å².